The van der Waals surface area contributed by atoms with Crippen LogP contribution in [-0.4, -0.2) is 0 Å². The normalized spacial score (nSPS) is 23.0. The third-order valence-corrected chi connectivity index (χ3v) is 7.49. The maximum Gasteiger partial charge on any atom is 0.0284 e. The molecular weight excluding hydrogens is 384 g/mol. The lowest BCUT2D eigenvalue weighted by molar-refractivity contribution is 0.227. The van der Waals surface area contributed by atoms with E-state index in [9.17, 15) is 0 Å². The number of hydrogen-bond donors (Lipinski definition) is 0. The summed E-state index contributed by atoms with van der Waals surface area (Å²) < 4.78 is 0. The molecule has 148 valence electrons. The van der Waals surface area contributed by atoms with Gasteiger partial charge in [-0.25, -0.2) is 0 Å². The summed E-state index contributed by atoms with van der Waals surface area (Å²) in [5.41, 5.74) is 10.2. The van der Waals surface area contributed by atoms with Gasteiger partial charge in [-0.1, -0.05) is 96.5 Å². The van der Waals surface area contributed by atoms with Crippen LogP contribution in [0.2, 0.25) is 0 Å². The summed E-state index contributed by atoms with van der Waals surface area (Å²) in [6, 6.07) is 35.0. The average molecular weight is 405 g/mol. The van der Waals surface area contributed by atoms with Gasteiger partial charge in [0.15, 0.2) is 0 Å². The standard InChI is InChI=1S/C32H20/c1-5-13-25-21(9-1)17-18-22-10-2-6-14-26(22)30-29(25)31-27-15-7-3-11-23(27)19-20-24-12-4-8-16-28(24)32(30)31/h1-16,29-32H. The molecule has 0 aliphatic heterocycles. The molecule has 0 heterocycles. The van der Waals surface area contributed by atoms with Crippen LogP contribution < -0.4 is 0 Å². The van der Waals surface area contributed by atoms with E-state index in [0.717, 1.165) is 22.3 Å². The summed E-state index contributed by atoms with van der Waals surface area (Å²) in [6.45, 7) is 0. The predicted molar refractivity (Wildman–Crippen MR) is 129 cm³/mol. The second-order valence-electron chi connectivity index (χ2n) is 8.95. The zero-order valence-corrected chi connectivity index (χ0v) is 17.5. The van der Waals surface area contributed by atoms with Crippen molar-refractivity contribution in [2.24, 2.45) is 0 Å². The van der Waals surface area contributed by atoms with Crippen molar-refractivity contribution in [1.82, 2.24) is 0 Å². The van der Waals surface area contributed by atoms with E-state index < -0.39 is 0 Å². The summed E-state index contributed by atoms with van der Waals surface area (Å²) in [7, 11) is 0. The predicted octanol–water partition coefficient (Wildman–Crippen LogP) is 6.56. The molecule has 0 saturated heterocycles. The molecule has 1 fully saturated rings. The van der Waals surface area contributed by atoms with Gasteiger partial charge >= 0.3 is 0 Å². The van der Waals surface area contributed by atoms with Crippen molar-refractivity contribution in [3.63, 3.8) is 0 Å². The quantitative estimate of drug-likeness (QED) is 0.291. The molecule has 0 spiro atoms. The Hall–Kier alpha value is -4.00. The molecule has 0 atom stereocenters. The van der Waals surface area contributed by atoms with Gasteiger partial charge < -0.3 is 0 Å². The fourth-order valence-corrected chi connectivity index (χ4v) is 6.17. The topological polar surface area (TPSA) is 0 Å². The van der Waals surface area contributed by atoms with Crippen LogP contribution in [0.4, 0.5) is 0 Å². The van der Waals surface area contributed by atoms with E-state index in [-0.39, 0.29) is 0 Å². The lowest BCUT2D eigenvalue weighted by atomic mass is 9.47. The number of rotatable bonds is 0. The van der Waals surface area contributed by atoms with Gasteiger partial charge in [-0.05, 0) is 46.5 Å². The van der Waals surface area contributed by atoms with Crippen LogP contribution in [0.15, 0.2) is 97.1 Å². The van der Waals surface area contributed by atoms with Crippen molar-refractivity contribution in [2.45, 2.75) is 23.7 Å². The van der Waals surface area contributed by atoms with Gasteiger partial charge in [0.05, 0.1) is 0 Å². The molecule has 4 aromatic rings. The Morgan fingerprint density at radius 1 is 0.312 bits per heavy atom. The van der Waals surface area contributed by atoms with Crippen molar-refractivity contribution in [1.29, 1.82) is 0 Å². The molecule has 1 saturated carbocycles. The van der Waals surface area contributed by atoms with E-state index in [1.807, 2.05) is 0 Å². The highest BCUT2D eigenvalue weighted by Crippen LogP contribution is 2.68. The van der Waals surface area contributed by atoms with Crippen molar-refractivity contribution in [3.05, 3.63) is 142 Å². The largest absolute Gasteiger partial charge is 0.0619 e. The Morgan fingerprint density at radius 2 is 0.531 bits per heavy atom. The van der Waals surface area contributed by atoms with Crippen molar-refractivity contribution in [3.8, 4) is 23.7 Å². The molecule has 4 aromatic carbocycles. The zero-order chi connectivity index (χ0) is 21.1. The second-order valence-corrected chi connectivity index (χ2v) is 8.95. The first-order valence-corrected chi connectivity index (χ1v) is 11.3. The van der Waals surface area contributed by atoms with E-state index in [0.29, 0.717) is 23.7 Å². The third kappa shape index (κ3) is 2.42. The Balaban J connectivity index is 1.57. The molecule has 0 amide bonds. The number of hydrogen-bond acceptors (Lipinski definition) is 0. The molecule has 0 unspecified atom stereocenters. The van der Waals surface area contributed by atoms with E-state index in [2.05, 4.69) is 121 Å². The molecule has 7 rings (SSSR count). The first-order chi connectivity index (χ1) is 15.9. The summed E-state index contributed by atoms with van der Waals surface area (Å²) in [5, 5.41) is 0. The molecule has 3 aliphatic carbocycles. The fraction of sp³-hybridized carbons (Fsp3) is 0.125. The molecule has 0 N–H and O–H groups in total. The first-order valence-electron chi connectivity index (χ1n) is 11.3. The lowest BCUT2D eigenvalue weighted by Crippen LogP contribution is -2.42. The van der Waals surface area contributed by atoms with Gasteiger partial charge in [-0.3, -0.25) is 0 Å². The molecule has 0 radical (unpaired) electrons. The van der Waals surface area contributed by atoms with Gasteiger partial charge in [0.1, 0.15) is 0 Å². The number of benzene rings is 4. The molecule has 0 aromatic heterocycles. The van der Waals surface area contributed by atoms with E-state index in [1.165, 1.54) is 22.3 Å². The lowest BCUT2D eigenvalue weighted by Gasteiger charge is -2.55. The highest BCUT2D eigenvalue weighted by atomic mass is 14.6. The summed E-state index contributed by atoms with van der Waals surface area (Å²) in [4.78, 5) is 0. The van der Waals surface area contributed by atoms with Crippen LogP contribution in [0.5, 0.6) is 0 Å². The van der Waals surface area contributed by atoms with Crippen LogP contribution in [-0.2, 0) is 0 Å². The Bertz CT molecular complexity index is 1280. The van der Waals surface area contributed by atoms with Crippen molar-refractivity contribution < 1.29 is 0 Å². The highest BCUT2D eigenvalue weighted by molar-refractivity contribution is 5.64. The molecule has 3 aliphatic rings. The minimum absolute atomic E-state index is 0.376. The minimum Gasteiger partial charge on any atom is -0.0619 e. The van der Waals surface area contributed by atoms with Crippen LogP contribution in [0.3, 0.4) is 0 Å². The van der Waals surface area contributed by atoms with Crippen LogP contribution >= 0.6 is 0 Å². The van der Waals surface area contributed by atoms with Gasteiger partial charge in [0.25, 0.3) is 0 Å². The molecule has 32 heavy (non-hydrogen) atoms. The Labute approximate surface area is 189 Å². The van der Waals surface area contributed by atoms with E-state index in [4.69, 9.17) is 0 Å². The molecule has 0 heteroatoms. The summed E-state index contributed by atoms with van der Waals surface area (Å²) >= 11 is 0. The van der Waals surface area contributed by atoms with E-state index in [1.54, 1.807) is 0 Å². The van der Waals surface area contributed by atoms with Gasteiger partial charge in [0, 0.05) is 45.9 Å². The SMILES string of the molecule is C1#Cc2ccccc2C2C(c3ccccc31)C1c3ccccc3C#Cc3ccccc3C21. The fourth-order valence-electron chi connectivity index (χ4n) is 6.17. The van der Waals surface area contributed by atoms with Crippen LogP contribution in [0.1, 0.15) is 68.2 Å². The van der Waals surface area contributed by atoms with Gasteiger partial charge in [0.2, 0.25) is 0 Å². The third-order valence-electron chi connectivity index (χ3n) is 7.49. The van der Waals surface area contributed by atoms with Crippen molar-refractivity contribution in [2.75, 3.05) is 0 Å². The Kier molecular flexibility index (Phi) is 3.72. The zero-order valence-electron chi connectivity index (χ0n) is 17.5. The van der Waals surface area contributed by atoms with Crippen LogP contribution in [0.25, 0.3) is 0 Å². The van der Waals surface area contributed by atoms with Crippen molar-refractivity contribution >= 4 is 0 Å². The molecule has 0 nitrogen and oxygen atoms in total. The minimum atomic E-state index is 0.376. The molecule has 0 bridgehead atoms. The summed E-state index contributed by atoms with van der Waals surface area (Å²) in [6.07, 6.45) is 0. The average Bonchev–Trinajstić information content (AvgIpc) is 2.82. The monoisotopic (exact) mass is 404 g/mol. The second kappa shape index (κ2) is 6.75. The maximum atomic E-state index is 3.49. The van der Waals surface area contributed by atoms with E-state index >= 15 is 0 Å². The Morgan fingerprint density at radius 3 is 0.781 bits per heavy atom. The van der Waals surface area contributed by atoms with Crippen LogP contribution in [0, 0.1) is 23.7 Å². The van der Waals surface area contributed by atoms with Gasteiger partial charge in [-0.15, -0.1) is 0 Å². The van der Waals surface area contributed by atoms with Gasteiger partial charge in [-0.2, -0.15) is 0 Å². The maximum absolute atomic E-state index is 3.49. The molecular formula is C32H20. The highest BCUT2D eigenvalue weighted by Gasteiger charge is 2.55. The first kappa shape index (κ1) is 17.7. The number of fused-ring (bicyclic) bond motifs is 12. The smallest absolute Gasteiger partial charge is 0.0284 e. The summed E-state index contributed by atoms with van der Waals surface area (Å²) in [5.74, 6) is 15.5.